The molecule has 0 N–H and O–H groups in total. The molecule has 0 heterocycles. The second kappa shape index (κ2) is 3.05. The molecule has 1 amide bonds. The van der Waals surface area contributed by atoms with E-state index < -0.39 is 10.0 Å². The van der Waals surface area contributed by atoms with Gasteiger partial charge < -0.3 is 0 Å². The molecule has 0 aromatic carbocycles. The van der Waals surface area contributed by atoms with Crippen LogP contribution in [0.4, 0.5) is 0 Å². The fraction of sp³-hybridized carbons (Fsp3) is 0.857. The quantitative estimate of drug-likeness (QED) is 0.626. The maximum atomic E-state index is 11.3. The minimum atomic E-state index is -3.34. The van der Waals surface area contributed by atoms with Crippen LogP contribution in [-0.2, 0) is 14.8 Å². The van der Waals surface area contributed by atoms with Crippen molar-refractivity contribution < 1.29 is 13.2 Å². The Hall–Kier alpha value is -0.580. The van der Waals surface area contributed by atoms with Crippen LogP contribution in [0.5, 0.6) is 0 Å². The van der Waals surface area contributed by atoms with Crippen LogP contribution in [0.25, 0.3) is 0 Å². The first-order valence-corrected chi connectivity index (χ1v) is 5.75. The molecule has 12 heavy (non-hydrogen) atoms. The third kappa shape index (κ3) is 1.77. The highest BCUT2D eigenvalue weighted by Crippen LogP contribution is 2.28. The van der Waals surface area contributed by atoms with Gasteiger partial charge in [-0.3, -0.25) is 4.79 Å². The summed E-state index contributed by atoms with van der Waals surface area (Å²) in [7, 11) is -2.02. The monoisotopic (exact) mass is 191 g/mol. The van der Waals surface area contributed by atoms with Crippen LogP contribution < -0.4 is 0 Å². The van der Waals surface area contributed by atoms with Crippen molar-refractivity contribution in [2.45, 2.75) is 19.3 Å². The van der Waals surface area contributed by atoms with E-state index in [0.29, 0.717) is 0 Å². The molecule has 0 atom stereocenters. The predicted molar refractivity (Wildman–Crippen MR) is 45.0 cm³/mol. The highest BCUT2D eigenvalue weighted by Gasteiger charge is 2.31. The zero-order valence-electron chi connectivity index (χ0n) is 7.28. The van der Waals surface area contributed by atoms with Crippen LogP contribution in [0.3, 0.4) is 0 Å². The van der Waals surface area contributed by atoms with Gasteiger partial charge in [0.05, 0.1) is 6.26 Å². The Morgan fingerprint density at radius 1 is 1.42 bits per heavy atom. The van der Waals surface area contributed by atoms with Crippen molar-refractivity contribution in [2.75, 3.05) is 13.3 Å². The molecule has 0 aromatic heterocycles. The molecular formula is C7H13NO3S. The summed E-state index contributed by atoms with van der Waals surface area (Å²) in [6.07, 6.45) is 3.75. The van der Waals surface area contributed by atoms with Crippen molar-refractivity contribution in [3.05, 3.63) is 0 Å². The van der Waals surface area contributed by atoms with E-state index >= 15 is 0 Å². The summed E-state index contributed by atoms with van der Waals surface area (Å²) in [6.45, 7) is 0. The molecule has 0 aromatic rings. The van der Waals surface area contributed by atoms with Crippen LogP contribution in [-0.4, -0.2) is 31.9 Å². The highest BCUT2D eigenvalue weighted by molar-refractivity contribution is 7.88. The molecule has 5 heteroatoms. The molecule has 1 saturated carbocycles. The lowest BCUT2D eigenvalue weighted by atomic mass is 9.85. The standard InChI is InChI=1S/C7H13NO3S/c1-8(12(2,10)11)7(9)6-4-3-5-6/h6H,3-5H2,1-2H3. The summed E-state index contributed by atoms with van der Waals surface area (Å²) in [6, 6.07) is 0. The fourth-order valence-corrected chi connectivity index (χ4v) is 1.55. The van der Waals surface area contributed by atoms with Crippen LogP contribution in [0.15, 0.2) is 0 Å². The molecule has 1 fully saturated rings. The second-order valence-corrected chi connectivity index (χ2v) is 5.21. The minimum Gasteiger partial charge on any atom is -0.274 e. The summed E-state index contributed by atoms with van der Waals surface area (Å²) in [4.78, 5) is 11.3. The van der Waals surface area contributed by atoms with E-state index in [4.69, 9.17) is 0 Å². The van der Waals surface area contributed by atoms with Gasteiger partial charge in [-0.05, 0) is 12.8 Å². The van der Waals surface area contributed by atoms with Gasteiger partial charge >= 0.3 is 0 Å². The zero-order valence-corrected chi connectivity index (χ0v) is 8.10. The number of carbonyl (C=O) groups is 1. The normalized spacial score (nSPS) is 18.5. The molecule has 1 rings (SSSR count). The van der Waals surface area contributed by atoms with E-state index in [-0.39, 0.29) is 11.8 Å². The number of carbonyl (C=O) groups excluding carboxylic acids is 1. The molecule has 0 saturated heterocycles. The largest absolute Gasteiger partial charge is 0.274 e. The minimum absolute atomic E-state index is 0.0512. The van der Waals surface area contributed by atoms with E-state index in [0.717, 1.165) is 29.8 Å². The van der Waals surface area contributed by atoms with E-state index in [2.05, 4.69) is 0 Å². The van der Waals surface area contributed by atoms with Crippen molar-refractivity contribution in [3.63, 3.8) is 0 Å². The molecule has 0 radical (unpaired) electrons. The third-order valence-electron chi connectivity index (χ3n) is 2.26. The van der Waals surface area contributed by atoms with Crippen molar-refractivity contribution >= 4 is 15.9 Å². The van der Waals surface area contributed by atoms with Gasteiger partial charge in [0.2, 0.25) is 15.9 Å². The lowest BCUT2D eigenvalue weighted by molar-refractivity contribution is -0.132. The fourth-order valence-electron chi connectivity index (χ4n) is 1.08. The van der Waals surface area contributed by atoms with Gasteiger partial charge in [0.15, 0.2) is 0 Å². The number of nitrogens with zero attached hydrogens (tertiary/aromatic N) is 1. The molecule has 1 aliphatic carbocycles. The van der Waals surface area contributed by atoms with Crippen molar-refractivity contribution in [1.29, 1.82) is 0 Å². The number of hydrogen-bond acceptors (Lipinski definition) is 3. The summed E-state index contributed by atoms with van der Waals surface area (Å²) in [5.41, 5.74) is 0. The average Bonchev–Trinajstić information content (AvgIpc) is 1.79. The van der Waals surface area contributed by atoms with E-state index in [9.17, 15) is 13.2 Å². The molecule has 1 aliphatic rings. The summed E-state index contributed by atoms with van der Waals surface area (Å²) < 4.78 is 22.7. The van der Waals surface area contributed by atoms with E-state index in [1.807, 2.05) is 0 Å². The predicted octanol–water partition coefficient (Wildman–Crippen LogP) is 0.205. The van der Waals surface area contributed by atoms with Gasteiger partial charge in [-0.2, -0.15) is 0 Å². The molecular weight excluding hydrogens is 178 g/mol. The molecule has 70 valence electrons. The van der Waals surface area contributed by atoms with Crippen molar-refractivity contribution in [2.24, 2.45) is 5.92 Å². The molecule has 0 aliphatic heterocycles. The van der Waals surface area contributed by atoms with Gasteiger partial charge in [-0.25, -0.2) is 12.7 Å². The number of hydrogen-bond donors (Lipinski definition) is 0. The maximum Gasteiger partial charge on any atom is 0.238 e. The van der Waals surface area contributed by atoms with Crippen LogP contribution in [0.1, 0.15) is 19.3 Å². The first-order valence-electron chi connectivity index (χ1n) is 3.90. The SMILES string of the molecule is CN(C(=O)C1CCC1)S(C)(=O)=O. The third-order valence-corrected chi connectivity index (χ3v) is 3.44. The Morgan fingerprint density at radius 2 is 1.92 bits per heavy atom. The maximum absolute atomic E-state index is 11.3. The first kappa shape index (κ1) is 9.51. The van der Waals surface area contributed by atoms with E-state index in [1.165, 1.54) is 7.05 Å². The van der Waals surface area contributed by atoms with Crippen LogP contribution in [0, 0.1) is 5.92 Å². The summed E-state index contributed by atoms with van der Waals surface area (Å²) in [5.74, 6) is -0.312. The Bertz CT molecular complexity index is 279. The summed E-state index contributed by atoms with van der Waals surface area (Å²) in [5, 5.41) is 0. The van der Waals surface area contributed by atoms with Crippen molar-refractivity contribution in [3.8, 4) is 0 Å². The lowest BCUT2D eigenvalue weighted by Crippen LogP contribution is -2.39. The smallest absolute Gasteiger partial charge is 0.238 e. The zero-order chi connectivity index (χ0) is 9.35. The van der Waals surface area contributed by atoms with Crippen molar-refractivity contribution in [1.82, 2.24) is 4.31 Å². The second-order valence-electron chi connectivity index (χ2n) is 3.20. The first-order chi connectivity index (χ1) is 5.43. The molecule has 0 spiro atoms. The van der Waals surface area contributed by atoms with Gasteiger partial charge in [0, 0.05) is 13.0 Å². The average molecular weight is 191 g/mol. The highest BCUT2D eigenvalue weighted by atomic mass is 32.2. The van der Waals surface area contributed by atoms with Gasteiger partial charge in [-0.15, -0.1) is 0 Å². The molecule has 4 nitrogen and oxygen atoms in total. The Kier molecular flexibility index (Phi) is 2.41. The lowest BCUT2D eigenvalue weighted by Gasteiger charge is -2.27. The van der Waals surface area contributed by atoms with Gasteiger partial charge in [0.25, 0.3) is 0 Å². The molecule has 0 bridgehead atoms. The van der Waals surface area contributed by atoms with Gasteiger partial charge in [0.1, 0.15) is 0 Å². The Labute approximate surface area is 72.6 Å². The van der Waals surface area contributed by atoms with Crippen LogP contribution >= 0.6 is 0 Å². The van der Waals surface area contributed by atoms with E-state index in [1.54, 1.807) is 0 Å². The Balaban J connectivity index is 2.64. The summed E-state index contributed by atoms with van der Waals surface area (Å²) >= 11 is 0. The Morgan fingerprint density at radius 3 is 2.17 bits per heavy atom. The number of rotatable bonds is 2. The number of sulfonamides is 1. The van der Waals surface area contributed by atoms with Gasteiger partial charge in [-0.1, -0.05) is 6.42 Å². The number of amides is 1. The topological polar surface area (TPSA) is 54.5 Å². The van der Waals surface area contributed by atoms with Crippen LogP contribution in [0.2, 0.25) is 0 Å². The molecule has 0 unspecified atom stereocenters.